The number of carbonyl (C=O) groups is 1. The van der Waals surface area contributed by atoms with Crippen molar-refractivity contribution in [3.05, 3.63) is 0 Å². The molecule has 18 heavy (non-hydrogen) atoms. The van der Waals surface area contributed by atoms with Crippen molar-refractivity contribution in [1.82, 2.24) is 0 Å². The fourth-order valence-electron chi connectivity index (χ4n) is 1.63. The van der Waals surface area contributed by atoms with Gasteiger partial charge in [-0.2, -0.15) is 0 Å². The zero-order valence-electron chi connectivity index (χ0n) is 13.2. The van der Waals surface area contributed by atoms with Gasteiger partial charge in [0.25, 0.3) is 0 Å². The van der Waals surface area contributed by atoms with Crippen molar-refractivity contribution in [3.8, 4) is 0 Å². The molecule has 0 saturated heterocycles. The minimum absolute atomic E-state index is 0.252. The van der Waals surface area contributed by atoms with Crippen LogP contribution in [0.5, 0.6) is 0 Å². The van der Waals surface area contributed by atoms with E-state index in [4.69, 9.17) is 4.43 Å². The average molecular weight is 273 g/mol. The third kappa shape index (κ3) is 6.69. The van der Waals surface area contributed by atoms with Crippen molar-refractivity contribution >= 4 is 14.6 Å². The van der Waals surface area contributed by atoms with Crippen LogP contribution in [0.3, 0.4) is 0 Å². The molecule has 2 nitrogen and oxygen atoms in total. The number of carbonyl (C=O) groups excluding carboxylic acids is 1. The van der Waals surface area contributed by atoms with E-state index < -0.39 is 8.32 Å². The quantitative estimate of drug-likeness (QED) is 0.342. The Kier molecular flexibility index (Phi) is 8.04. The van der Waals surface area contributed by atoms with Crippen molar-refractivity contribution in [1.29, 1.82) is 0 Å². The smallest absolute Gasteiger partial charge is 0.191 e. The van der Waals surface area contributed by atoms with E-state index >= 15 is 0 Å². The van der Waals surface area contributed by atoms with Gasteiger partial charge < -0.3 is 9.22 Å². The zero-order chi connectivity index (χ0) is 14.2. The normalized spacial score (nSPS) is 14.6. The summed E-state index contributed by atoms with van der Waals surface area (Å²) >= 11 is 0. The molecule has 0 radical (unpaired) electrons. The summed E-state index contributed by atoms with van der Waals surface area (Å²) in [7, 11) is -1.66. The van der Waals surface area contributed by atoms with Gasteiger partial charge in [0.05, 0.1) is 0 Å². The van der Waals surface area contributed by atoms with Gasteiger partial charge in [0, 0.05) is 13.0 Å². The van der Waals surface area contributed by atoms with Crippen LogP contribution in [0, 0.1) is 5.92 Å². The molecule has 0 amide bonds. The Bertz CT molecular complexity index is 231. The maximum Gasteiger partial charge on any atom is 0.191 e. The second-order valence-electron chi connectivity index (χ2n) is 6.84. The van der Waals surface area contributed by atoms with E-state index in [9.17, 15) is 4.79 Å². The lowest BCUT2D eigenvalue weighted by molar-refractivity contribution is -0.108. The lowest BCUT2D eigenvalue weighted by Crippen LogP contribution is -2.42. The Morgan fingerprint density at radius 3 is 2.28 bits per heavy atom. The molecule has 0 aromatic heterocycles. The second kappa shape index (κ2) is 8.11. The second-order valence-corrected chi connectivity index (χ2v) is 11.6. The molecule has 0 rings (SSSR count). The van der Waals surface area contributed by atoms with Crippen molar-refractivity contribution in [2.75, 3.05) is 6.61 Å². The summed E-state index contributed by atoms with van der Waals surface area (Å²) in [4.78, 5) is 10.7. The first-order valence-electron chi connectivity index (χ1n) is 7.32. The molecular weight excluding hydrogens is 240 g/mol. The highest BCUT2D eigenvalue weighted by Gasteiger charge is 2.37. The molecule has 0 aliphatic heterocycles. The van der Waals surface area contributed by atoms with Gasteiger partial charge in [-0.05, 0) is 30.5 Å². The fourth-order valence-corrected chi connectivity index (χ4v) is 2.72. The highest BCUT2D eigenvalue weighted by molar-refractivity contribution is 6.74. The van der Waals surface area contributed by atoms with E-state index in [-0.39, 0.29) is 5.04 Å². The van der Waals surface area contributed by atoms with Gasteiger partial charge in [-0.15, -0.1) is 0 Å². The first-order valence-corrected chi connectivity index (χ1v) is 10.2. The van der Waals surface area contributed by atoms with Gasteiger partial charge in [0.1, 0.15) is 6.29 Å². The standard InChI is InChI=1S/C15H32O2Si/c1-7-8-9-10-14(11-12-16)13-17-18(5,6)15(2,3)4/h12,14H,7-11,13H2,1-6H3. The average Bonchev–Trinajstić information content (AvgIpc) is 2.24. The van der Waals surface area contributed by atoms with Crippen molar-refractivity contribution in [2.24, 2.45) is 5.92 Å². The van der Waals surface area contributed by atoms with Crippen molar-refractivity contribution in [2.45, 2.75) is 77.9 Å². The molecule has 3 heteroatoms. The van der Waals surface area contributed by atoms with Crippen LogP contribution < -0.4 is 0 Å². The molecule has 0 N–H and O–H groups in total. The van der Waals surface area contributed by atoms with Crippen LogP contribution in [0.15, 0.2) is 0 Å². The molecular formula is C15H32O2Si. The van der Waals surface area contributed by atoms with Gasteiger partial charge >= 0.3 is 0 Å². The lowest BCUT2D eigenvalue weighted by atomic mass is 10.00. The molecule has 0 saturated carbocycles. The zero-order valence-corrected chi connectivity index (χ0v) is 14.2. The topological polar surface area (TPSA) is 26.3 Å². The van der Waals surface area contributed by atoms with Crippen molar-refractivity contribution in [3.63, 3.8) is 0 Å². The number of aldehydes is 1. The Morgan fingerprint density at radius 1 is 1.22 bits per heavy atom. The Morgan fingerprint density at radius 2 is 1.83 bits per heavy atom. The fraction of sp³-hybridized carbons (Fsp3) is 0.933. The molecule has 0 fully saturated rings. The molecule has 0 spiro atoms. The largest absolute Gasteiger partial charge is 0.417 e. The lowest BCUT2D eigenvalue weighted by Gasteiger charge is -2.37. The Hall–Kier alpha value is -0.153. The molecule has 0 aliphatic rings. The van der Waals surface area contributed by atoms with Crippen LogP contribution in [0.2, 0.25) is 18.1 Å². The summed E-state index contributed by atoms with van der Waals surface area (Å²) in [5, 5.41) is 0.252. The predicted octanol–water partition coefficient (Wildman–Crippen LogP) is 4.79. The van der Waals surface area contributed by atoms with Gasteiger partial charge in [-0.1, -0.05) is 47.0 Å². The Labute approximate surface area is 115 Å². The summed E-state index contributed by atoms with van der Waals surface area (Å²) < 4.78 is 6.22. The molecule has 0 aliphatic carbocycles. The van der Waals surface area contributed by atoms with Gasteiger partial charge in [0.15, 0.2) is 8.32 Å². The summed E-state index contributed by atoms with van der Waals surface area (Å²) in [5.74, 6) is 0.420. The molecule has 0 aromatic carbocycles. The molecule has 0 heterocycles. The predicted molar refractivity (Wildman–Crippen MR) is 81.5 cm³/mol. The number of unbranched alkanes of at least 4 members (excludes halogenated alkanes) is 2. The van der Waals surface area contributed by atoms with E-state index in [1.165, 1.54) is 19.3 Å². The first kappa shape index (κ1) is 17.8. The van der Waals surface area contributed by atoms with Gasteiger partial charge in [-0.3, -0.25) is 0 Å². The van der Waals surface area contributed by atoms with Crippen LogP contribution in [-0.4, -0.2) is 21.2 Å². The monoisotopic (exact) mass is 272 g/mol. The van der Waals surface area contributed by atoms with E-state index in [1.807, 2.05) is 0 Å². The van der Waals surface area contributed by atoms with E-state index in [0.29, 0.717) is 12.3 Å². The summed E-state index contributed by atoms with van der Waals surface area (Å²) in [6.07, 6.45) is 6.54. The maximum absolute atomic E-state index is 10.7. The van der Waals surface area contributed by atoms with Crippen LogP contribution >= 0.6 is 0 Å². The molecule has 1 unspecified atom stereocenters. The number of rotatable bonds is 9. The van der Waals surface area contributed by atoms with Gasteiger partial charge in [0.2, 0.25) is 0 Å². The third-order valence-electron chi connectivity index (χ3n) is 4.13. The number of hydrogen-bond acceptors (Lipinski definition) is 2. The maximum atomic E-state index is 10.7. The molecule has 108 valence electrons. The summed E-state index contributed by atoms with van der Waals surface area (Å²) in [5.41, 5.74) is 0. The Balaban J connectivity index is 4.21. The van der Waals surface area contributed by atoms with Crippen LogP contribution in [0.1, 0.15) is 59.8 Å². The molecule has 1 atom stereocenters. The summed E-state index contributed by atoms with van der Waals surface area (Å²) in [6, 6.07) is 0. The molecule has 0 bridgehead atoms. The first-order chi connectivity index (χ1) is 8.24. The van der Waals surface area contributed by atoms with Crippen LogP contribution in [0.4, 0.5) is 0 Å². The third-order valence-corrected chi connectivity index (χ3v) is 8.63. The van der Waals surface area contributed by atoms with E-state index in [0.717, 1.165) is 19.3 Å². The van der Waals surface area contributed by atoms with Crippen LogP contribution in [0.25, 0.3) is 0 Å². The van der Waals surface area contributed by atoms with Crippen LogP contribution in [-0.2, 0) is 9.22 Å². The number of hydrogen-bond donors (Lipinski definition) is 0. The summed E-state index contributed by atoms with van der Waals surface area (Å²) in [6.45, 7) is 14.3. The van der Waals surface area contributed by atoms with Crippen molar-refractivity contribution < 1.29 is 9.22 Å². The minimum atomic E-state index is -1.66. The minimum Gasteiger partial charge on any atom is -0.417 e. The SMILES string of the molecule is CCCCCC(CC=O)CO[Si](C)(C)C(C)(C)C. The van der Waals surface area contributed by atoms with E-state index in [2.05, 4.69) is 40.8 Å². The van der Waals surface area contributed by atoms with E-state index in [1.54, 1.807) is 0 Å². The molecule has 0 aromatic rings. The highest BCUT2D eigenvalue weighted by Crippen LogP contribution is 2.37. The highest BCUT2D eigenvalue weighted by atomic mass is 28.4. The van der Waals surface area contributed by atoms with Gasteiger partial charge in [-0.25, -0.2) is 0 Å².